The van der Waals surface area contributed by atoms with Crippen molar-refractivity contribution in [3.63, 3.8) is 0 Å². The summed E-state index contributed by atoms with van der Waals surface area (Å²) < 4.78 is 10.8. The Labute approximate surface area is 159 Å². The Morgan fingerprint density at radius 3 is 2.38 bits per heavy atom. The highest BCUT2D eigenvalue weighted by Crippen LogP contribution is 2.35. The third-order valence-corrected chi connectivity index (χ3v) is 5.31. The third kappa shape index (κ3) is 4.57. The minimum absolute atomic E-state index is 0.0201. The van der Waals surface area contributed by atoms with E-state index in [9.17, 15) is 4.79 Å². The molecule has 1 amide bonds. The average Bonchev–Trinajstić information content (AvgIpc) is 2.69. The molecule has 1 heterocycles. The first-order valence-electron chi connectivity index (χ1n) is 8.85. The quantitative estimate of drug-likeness (QED) is 0.838. The normalized spacial score (nSPS) is 16.1. The Morgan fingerprint density at radius 1 is 1.12 bits per heavy atom. The van der Waals surface area contributed by atoms with E-state index < -0.39 is 0 Å². The van der Waals surface area contributed by atoms with Crippen LogP contribution in [0.25, 0.3) is 0 Å². The van der Waals surface area contributed by atoms with Gasteiger partial charge in [0.05, 0.1) is 13.5 Å². The minimum Gasteiger partial charge on any atom is -0.497 e. The number of carbonyl (C=O) groups is 1. The molecule has 0 bridgehead atoms. The van der Waals surface area contributed by atoms with E-state index in [1.165, 1.54) is 5.56 Å². The van der Waals surface area contributed by atoms with Gasteiger partial charge >= 0.3 is 0 Å². The molecule has 1 saturated heterocycles. The Bertz CT molecular complexity index is 722. The summed E-state index contributed by atoms with van der Waals surface area (Å²) in [6.45, 7) is 2.02. The maximum atomic E-state index is 12.4. The number of halogens is 1. The smallest absolute Gasteiger partial charge is 0.224 e. The van der Waals surface area contributed by atoms with E-state index in [4.69, 9.17) is 21.1 Å². The second-order valence-electron chi connectivity index (χ2n) is 6.70. The van der Waals surface area contributed by atoms with Gasteiger partial charge in [-0.2, -0.15) is 0 Å². The maximum Gasteiger partial charge on any atom is 0.224 e. The summed E-state index contributed by atoms with van der Waals surface area (Å²) in [6, 6.07) is 15.5. The standard InChI is InChI=1S/C21H24ClNO3/c1-25-19-8-4-17(5-9-19)21(10-12-26-13-11-21)15-23-20(24)14-16-2-6-18(22)7-3-16/h2-9H,10-15H2,1H3,(H,23,24). The highest BCUT2D eigenvalue weighted by Gasteiger charge is 2.34. The molecular formula is C21H24ClNO3. The summed E-state index contributed by atoms with van der Waals surface area (Å²) in [5, 5.41) is 3.80. The van der Waals surface area contributed by atoms with Crippen molar-refractivity contribution in [2.75, 3.05) is 26.9 Å². The Kier molecular flexibility index (Phi) is 6.17. The van der Waals surface area contributed by atoms with E-state index in [2.05, 4.69) is 17.4 Å². The van der Waals surface area contributed by atoms with Crippen molar-refractivity contribution in [1.82, 2.24) is 5.32 Å². The van der Waals surface area contributed by atoms with Gasteiger partial charge in [0.15, 0.2) is 0 Å². The SMILES string of the molecule is COc1ccc(C2(CNC(=O)Cc3ccc(Cl)cc3)CCOCC2)cc1. The molecule has 0 unspecified atom stereocenters. The van der Waals surface area contributed by atoms with Crippen molar-refractivity contribution in [3.05, 3.63) is 64.7 Å². The molecule has 0 atom stereocenters. The second kappa shape index (κ2) is 8.56. The van der Waals surface area contributed by atoms with Crippen molar-refractivity contribution in [2.45, 2.75) is 24.7 Å². The van der Waals surface area contributed by atoms with Crippen LogP contribution in [0.5, 0.6) is 5.75 Å². The molecule has 1 N–H and O–H groups in total. The first-order valence-corrected chi connectivity index (χ1v) is 9.22. The van der Waals surface area contributed by atoms with Crippen LogP contribution in [-0.2, 0) is 21.4 Å². The maximum absolute atomic E-state index is 12.4. The third-order valence-electron chi connectivity index (χ3n) is 5.05. The summed E-state index contributed by atoms with van der Waals surface area (Å²) in [5.41, 5.74) is 2.07. The number of carbonyl (C=O) groups excluding carboxylic acids is 1. The van der Waals surface area contributed by atoms with Crippen LogP contribution < -0.4 is 10.1 Å². The lowest BCUT2D eigenvalue weighted by atomic mass is 9.74. The van der Waals surface area contributed by atoms with Gasteiger partial charge in [0, 0.05) is 30.2 Å². The zero-order chi connectivity index (χ0) is 18.4. The van der Waals surface area contributed by atoms with Crippen LogP contribution in [0, 0.1) is 0 Å². The first kappa shape index (κ1) is 18.7. The number of amides is 1. The van der Waals surface area contributed by atoms with Gasteiger partial charge in [0.25, 0.3) is 0 Å². The number of rotatable bonds is 6. The fraction of sp³-hybridized carbons (Fsp3) is 0.381. The van der Waals surface area contributed by atoms with E-state index in [1.807, 2.05) is 36.4 Å². The molecule has 26 heavy (non-hydrogen) atoms. The van der Waals surface area contributed by atoms with Crippen LogP contribution in [0.15, 0.2) is 48.5 Å². The fourth-order valence-corrected chi connectivity index (χ4v) is 3.52. The Hall–Kier alpha value is -2.04. The van der Waals surface area contributed by atoms with Gasteiger partial charge in [0.1, 0.15) is 5.75 Å². The van der Waals surface area contributed by atoms with Crippen LogP contribution in [0.2, 0.25) is 5.02 Å². The predicted molar refractivity (Wildman–Crippen MR) is 103 cm³/mol. The summed E-state index contributed by atoms with van der Waals surface area (Å²) in [4.78, 5) is 12.4. The lowest BCUT2D eigenvalue weighted by Crippen LogP contribution is -2.45. The van der Waals surface area contributed by atoms with Crippen molar-refractivity contribution in [3.8, 4) is 5.75 Å². The number of hydrogen-bond donors (Lipinski definition) is 1. The lowest BCUT2D eigenvalue weighted by Gasteiger charge is -2.38. The topological polar surface area (TPSA) is 47.6 Å². The molecule has 138 valence electrons. The molecule has 0 spiro atoms. The summed E-state index contributed by atoms with van der Waals surface area (Å²) >= 11 is 5.90. The predicted octanol–water partition coefficient (Wildman–Crippen LogP) is 3.76. The van der Waals surface area contributed by atoms with E-state index in [-0.39, 0.29) is 11.3 Å². The summed E-state index contributed by atoms with van der Waals surface area (Å²) in [7, 11) is 1.66. The number of methoxy groups -OCH3 is 1. The van der Waals surface area contributed by atoms with E-state index >= 15 is 0 Å². The minimum atomic E-state index is -0.0970. The Balaban J connectivity index is 1.67. The van der Waals surface area contributed by atoms with Crippen molar-refractivity contribution in [1.29, 1.82) is 0 Å². The van der Waals surface area contributed by atoms with Crippen LogP contribution in [0.1, 0.15) is 24.0 Å². The molecule has 1 aliphatic rings. The van der Waals surface area contributed by atoms with Gasteiger partial charge in [-0.05, 0) is 48.2 Å². The van der Waals surface area contributed by atoms with E-state index in [0.29, 0.717) is 31.2 Å². The van der Waals surface area contributed by atoms with Crippen LogP contribution >= 0.6 is 11.6 Å². The summed E-state index contributed by atoms with van der Waals surface area (Å²) in [6.07, 6.45) is 2.13. The molecule has 1 fully saturated rings. The van der Waals surface area contributed by atoms with Crippen LogP contribution in [0.3, 0.4) is 0 Å². The van der Waals surface area contributed by atoms with Gasteiger partial charge in [-0.3, -0.25) is 4.79 Å². The highest BCUT2D eigenvalue weighted by molar-refractivity contribution is 6.30. The van der Waals surface area contributed by atoms with E-state index in [1.54, 1.807) is 7.11 Å². The fourth-order valence-electron chi connectivity index (χ4n) is 3.39. The molecule has 2 aromatic rings. The molecule has 0 radical (unpaired) electrons. The van der Waals surface area contributed by atoms with Crippen molar-refractivity contribution in [2.24, 2.45) is 0 Å². The molecule has 0 aromatic heterocycles. The molecule has 0 saturated carbocycles. The summed E-state index contributed by atoms with van der Waals surface area (Å²) in [5.74, 6) is 0.856. The van der Waals surface area contributed by atoms with Crippen LogP contribution in [0.4, 0.5) is 0 Å². The van der Waals surface area contributed by atoms with Gasteiger partial charge < -0.3 is 14.8 Å². The second-order valence-corrected chi connectivity index (χ2v) is 7.14. The average molecular weight is 374 g/mol. The zero-order valence-electron chi connectivity index (χ0n) is 15.0. The molecular weight excluding hydrogens is 350 g/mol. The molecule has 2 aromatic carbocycles. The van der Waals surface area contributed by atoms with Crippen LogP contribution in [-0.4, -0.2) is 32.8 Å². The molecule has 5 heteroatoms. The van der Waals surface area contributed by atoms with Crippen molar-refractivity contribution < 1.29 is 14.3 Å². The highest BCUT2D eigenvalue weighted by atomic mass is 35.5. The first-order chi connectivity index (χ1) is 12.6. The Morgan fingerprint density at radius 2 is 1.77 bits per heavy atom. The monoisotopic (exact) mass is 373 g/mol. The number of hydrogen-bond acceptors (Lipinski definition) is 3. The molecule has 4 nitrogen and oxygen atoms in total. The molecule has 1 aliphatic heterocycles. The lowest BCUT2D eigenvalue weighted by molar-refractivity contribution is -0.120. The number of nitrogens with one attached hydrogen (secondary N) is 1. The number of benzene rings is 2. The zero-order valence-corrected chi connectivity index (χ0v) is 15.7. The van der Waals surface area contributed by atoms with Gasteiger partial charge in [0.2, 0.25) is 5.91 Å². The largest absolute Gasteiger partial charge is 0.497 e. The molecule has 3 rings (SSSR count). The van der Waals surface area contributed by atoms with Gasteiger partial charge in [-0.25, -0.2) is 0 Å². The van der Waals surface area contributed by atoms with E-state index in [0.717, 1.165) is 24.2 Å². The van der Waals surface area contributed by atoms with Crippen molar-refractivity contribution >= 4 is 17.5 Å². The number of ether oxygens (including phenoxy) is 2. The van der Waals surface area contributed by atoms with Gasteiger partial charge in [-0.15, -0.1) is 0 Å². The molecule has 0 aliphatic carbocycles. The van der Waals surface area contributed by atoms with Gasteiger partial charge in [-0.1, -0.05) is 35.9 Å².